The SMILES string of the molecule is CCn1c2ccccc2c2cc(NC(=O)CN(Cc3ccccc3F)S(=O)(=O)c3ccc(Cl)cc3)ccc21. The summed E-state index contributed by atoms with van der Waals surface area (Å²) in [6.45, 7) is 2.05. The van der Waals surface area contributed by atoms with Crippen LogP contribution in [0.5, 0.6) is 0 Å². The number of aromatic nitrogens is 1. The molecule has 0 aliphatic carbocycles. The van der Waals surface area contributed by atoms with Crippen molar-refractivity contribution in [3.05, 3.63) is 107 Å². The number of benzene rings is 4. The van der Waals surface area contributed by atoms with Crippen LogP contribution in [0.25, 0.3) is 21.8 Å². The van der Waals surface area contributed by atoms with Crippen LogP contribution >= 0.6 is 11.6 Å². The van der Waals surface area contributed by atoms with E-state index in [1.54, 1.807) is 12.1 Å². The molecule has 38 heavy (non-hydrogen) atoms. The van der Waals surface area contributed by atoms with E-state index in [9.17, 15) is 17.6 Å². The minimum Gasteiger partial charge on any atom is -0.341 e. The van der Waals surface area contributed by atoms with E-state index in [1.165, 1.54) is 42.5 Å². The lowest BCUT2D eigenvalue weighted by Crippen LogP contribution is -2.37. The minimum atomic E-state index is -4.14. The molecule has 5 rings (SSSR count). The molecule has 0 spiro atoms. The van der Waals surface area contributed by atoms with E-state index in [4.69, 9.17) is 11.6 Å². The first-order chi connectivity index (χ1) is 18.3. The molecule has 1 amide bonds. The highest BCUT2D eigenvalue weighted by Gasteiger charge is 2.28. The van der Waals surface area contributed by atoms with Gasteiger partial charge in [0.25, 0.3) is 0 Å². The number of amides is 1. The molecule has 5 aromatic rings. The van der Waals surface area contributed by atoms with Crippen molar-refractivity contribution >= 4 is 55.0 Å². The van der Waals surface area contributed by atoms with E-state index >= 15 is 0 Å². The van der Waals surface area contributed by atoms with Crippen LogP contribution in [-0.4, -0.2) is 29.7 Å². The zero-order valence-electron chi connectivity index (χ0n) is 20.6. The summed E-state index contributed by atoms with van der Waals surface area (Å²) in [4.78, 5) is 13.1. The van der Waals surface area contributed by atoms with Gasteiger partial charge in [-0.05, 0) is 61.5 Å². The first-order valence-electron chi connectivity index (χ1n) is 12.1. The number of carbonyl (C=O) groups excluding carboxylic acids is 1. The predicted octanol–water partition coefficient (Wildman–Crippen LogP) is 6.44. The van der Waals surface area contributed by atoms with Crippen LogP contribution in [-0.2, 0) is 27.9 Å². The first kappa shape index (κ1) is 25.9. The van der Waals surface area contributed by atoms with Crippen LogP contribution in [0.1, 0.15) is 12.5 Å². The second-order valence-electron chi connectivity index (χ2n) is 8.86. The molecule has 1 aromatic heterocycles. The van der Waals surface area contributed by atoms with Crippen LogP contribution in [0.3, 0.4) is 0 Å². The molecule has 0 bridgehead atoms. The topological polar surface area (TPSA) is 71.4 Å². The molecule has 0 unspecified atom stereocenters. The van der Waals surface area contributed by atoms with E-state index in [2.05, 4.69) is 22.9 Å². The lowest BCUT2D eigenvalue weighted by molar-refractivity contribution is -0.116. The molecule has 0 radical (unpaired) electrons. The number of nitrogens with one attached hydrogen (secondary N) is 1. The molecule has 6 nitrogen and oxygen atoms in total. The van der Waals surface area contributed by atoms with Gasteiger partial charge in [-0.2, -0.15) is 4.31 Å². The van der Waals surface area contributed by atoms with Gasteiger partial charge in [0.15, 0.2) is 0 Å². The fourth-order valence-corrected chi connectivity index (χ4v) is 6.13. The summed E-state index contributed by atoms with van der Waals surface area (Å²) in [7, 11) is -4.14. The van der Waals surface area contributed by atoms with Crippen molar-refractivity contribution in [3.8, 4) is 0 Å². The van der Waals surface area contributed by atoms with Crippen molar-refractivity contribution in [1.29, 1.82) is 0 Å². The summed E-state index contributed by atoms with van der Waals surface area (Å²) in [5, 5.41) is 5.24. The third-order valence-corrected chi connectivity index (χ3v) is 8.51. The van der Waals surface area contributed by atoms with Gasteiger partial charge in [-0.25, -0.2) is 12.8 Å². The van der Waals surface area contributed by atoms with Gasteiger partial charge in [-0.1, -0.05) is 48.0 Å². The van der Waals surface area contributed by atoms with Gasteiger partial charge in [-0.15, -0.1) is 0 Å². The molecule has 0 aliphatic rings. The van der Waals surface area contributed by atoms with Crippen LogP contribution in [0, 0.1) is 5.82 Å². The fraction of sp³-hybridized carbons (Fsp3) is 0.138. The smallest absolute Gasteiger partial charge is 0.243 e. The van der Waals surface area contributed by atoms with E-state index in [0.29, 0.717) is 10.7 Å². The number of sulfonamides is 1. The summed E-state index contributed by atoms with van der Waals surface area (Å²) >= 11 is 5.93. The Labute approximate surface area is 225 Å². The number of halogens is 2. The minimum absolute atomic E-state index is 0.0418. The highest BCUT2D eigenvalue weighted by Crippen LogP contribution is 2.31. The van der Waals surface area contributed by atoms with Crippen molar-refractivity contribution in [3.63, 3.8) is 0 Å². The maximum Gasteiger partial charge on any atom is 0.243 e. The number of para-hydroxylation sites is 1. The average Bonchev–Trinajstić information content (AvgIpc) is 3.22. The molecule has 194 valence electrons. The first-order valence-corrected chi connectivity index (χ1v) is 13.9. The van der Waals surface area contributed by atoms with Gasteiger partial charge >= 0.3 is 0 Å². The van der Waals surface area contributed by atoms with E-state index < -0.39 is 28.3 Å². The van der Waals surface area contributed by atoms with E-state index in [-0.39, 0.29) is 17.0 Å². The number of nitrogens with zero attached hydrogens (tertiary/aromatic N) is 2. The Morgan fingerprint density at radius 3 is 2.34 bits per heavy atom. The molecule has 0 fully saturated rings. The number of hydrogen-bond acceptors (Lipinski definition) is 3. The lowest BCUT2D eigenvalue weighted by Gasteiger charge is -2.22. The summed E-state index contributed by atoms with van der Waals surface area (Å²) in [5.74, 6) is -1.10. The molecule has 0 saturated heterocycles. The predicted molar refractivity (Wildman–Crippen MR) is 149 cm³/mol. The van der Waals surface area contributed by atoms with Crippen LogP contribution in [0.2, 0.25) is 5.02 Å². The molecule has 1 heterocycles. The maximum absolute atomic E-state index is 14.4. The lowest BCUT2D eigenvalue weighted by atomic mass is 10.1. The highest BCUT2D eigenvalue weighted by molar-refractivity contribution is 7.89. The summed E-state index contributed by atoms with van der Waals surface area (Å²) < 4.78 is 44.6. The van der Waals surface area contributed by atoms with Crippen LogP contribution in [0.15, 0.2) is 95.9 Å². The van der Waals surface area contributed by atoms with Crippen molar-refractivity contribution in [2.45, 2.75) is 24.9 Å². The monoisotopic (exact) mass is 549 g/mol. The second-order valence-corrected chi connectivity index (χ2v) is 11.2. The van der Waals surface area contributed by atoms with Gasteiger partial charge in [0.05, 0.1) is 11.4 Å². The van der Waals surface area contributed by atoms with Gasteiger partial charge in [0.2, 0.25) is 15.9 Å². The molecule has 0 aliphatic heterocycles. The number of fused-ring (bicyclic) bond motifs is 3. The largest absolute Gasteiger partial charge is 0.341 e. The Morgan fingerprint density at radius 1 is 0.921 bits per heavy atom. The number of rotatable bonds is 8. The molecule has 4 aromatic carbocycles. The standard InChI is InChI=1S/C29H25ClFN3O3S/c1-2-34-27-10-6-4-8-24(27)25-17-22(13-16-28(25)34)32-29(35)19-33(18-20-7-3-5-9-26(20)31)38(36,37)23-14-11-21(30)12-15-23/h3-17H,2,18-19H2,1H3,(H,32,35). The van der Waals surface area contributed by atoms with Gasteiger partial charge in [0.1, 0.15) is 5.82 Å². The second kappa shape index (κ2) is 10.6. The van der Waals surface area contributed by atoms with Crippen molar-refractivity contribution in [2.24, 2.45) is 0 Å². The Balaban J connectivity index is 1.45. The van der Waals surface area contributed by atoms with Gasteiger partial charge in [0, 0.05) is 51.2 Å². The third-order valence-electron chi connectivity index (χ3n) is 6.45. The number of hydrogen-bond donors (Lipinski definition) is 1. The quantitative estimate of drug-likeness (QED) is 0.242. The number of carbonyl (C=O) groups is 1. The third kappa shape index (κ3) is 5.03. The Hall–Kier alpha value is -3.72. The normalized spacial score (nSPS) is 11.9. The summed E-state index contributed by atoms with van der Waals surface area (Å²) in [5.41, 5.74) is 2.83. The summed E-state index contributed by atoms with van der Waals surface area (Å²) in [6, 6.07) is 25.2. The summed E-state index contributed by atoms with van der Waals surface area (Å²) in [6.07, 6.45) is 0. The number of aryl methyl sites for hydroxylation is 1. The highest BCUT2D eigenvalue weighted by atomic mass is 35.5. The maximum atomic E-state index is 14.4. The Morgan fingerprint density at radius 2 is 1.61 bits per heavy atom. The molecule has 0 atom stereocenters. The molecule has 0 saturated carbocycles. The molecule has 9 heteroatoms. The van der Waals surface area contributed by atoms with Gasteiger partial charge < -0.3 is 9.88 Å². The van der Waals surface area contributed by atoms with E-state index in [1.807, 2.05) is 30.3 Å². The van der Waals surface area contributed by atoms with Crippen molar-refractivity contribution in [1.82, 2.24) is 8.87 Å². The Bertz CT molecular complexity index is 1750. The average molecular weight is 550 g/mol. The molecular formula is C29H25ClFN3O3S. The zero-order valence-corrected chi connectivity index (χ0v) is 22.1. The van der Waals surface area contributed by atoms with Gasteiger partial charge in [-0.3, -0.25) is 4.79 Å². The van der Waals surface area contributed by atoms with Crippen LogP contribution in [0.4, 0.5) is 10.1 Å². The zero-order chi connectivity index (χ0) is 26.9. The fourth-order valence-electron chi connectivity index (χ4n) is 4.63. The van der Waals surface area contributed by atoms with Crippen molar-refractivity contribution in [2.75, 3.05) is 11.9 Å². The molecule has 1 N–H and O–H groups in total. The number of anilines is 1. The molecular weight excluding hydrogens is 525 g/mol. The van der Waals surface area contributed by atoms with E-state index in [0.717, 1.165) is 32.7 Å². The van der Waals surface area contributed by atoms with Crippen LogP contribution < -0.4 is 5.32 Å². The van der Waals surface area contributed by atoms with Crippen molar-refractivity contribution < 1.29 is 17.6 Å². The Kier molecular flexibility index (Phi) is 7.21.